The number of ether oxygens (including phenoxy) is 1. The van der Waals surface area contributed by atoms with Gasteiger partial charge in [-0.2, -0.15) is 0 Å². The molecule has 0 saturated heterocycles. The van der Waals surface area contributed by atoms with E-state index in [0.717, 1.165) is 16.9 Å². The Kier molecular flexibility index (Phi) is 7.01. The molecule has 2 rings (SSSR count). The summed E-state index contributed by atoms with van der Waals surface area (Å²) >= 11 is 8.36. The molecule has 2 aromatic rings. The van der Waals surface area contributed by atoms with Crippen molar-refractivity contribution in [2.24, 2.45) is 0 Å². The van der Waals surface area contributed by atoms with Crippen LogP contribution in [0.25, 0.3) is 0 Å². The lowest BCUT2D eigenvalue weighted by atomic mass is 10.2. The maximum atomic E-state index is 12.8. The fraction of sp³-hybridized carbons (Fsp3) is 0.353. The van der Waals surface area contributed by atoms with Crippen LogP contribution in [0.2, 0.25) is 5.02 Å². The molecule has 0 bridgehead atoms. The second-order valence-corrected chi connectivity index (χ2v) is 10.8. The SMILES string of the molecule is CCOC(=O)c1sc(SCc2cccc(Cl)c2)c(S(=O)(=O)C(C)C)c1N. The van der Waals surface area contributed by atoms with Gasteiger partial charge >= 0.3 is 5.97 Å². The fourth-order valence-electron chi connectivity index (χ4n) is 2.13. The van der Waals surface area contributed by atoms with Crippen molar-refractivity contribution in [3.63, 3.8) is 0 Å². The molecule has 1 aromatic carbocycles. The standard InChI is InChI=1S/C17H20ClNO4S3/c1-4-23-16(20)14-13(19)15(26(21,22)10(2)3)17(25-14)24-9-11-6-5-7-12(18)8-11/h5-8,10H,4,9,19H2,1-3H3. The van der Waals surface area contributed by atoms with Crippen LogP contribution in [0.3, 0.4) is 0 Å². The third-order valence-corrected chi connectivity index (χ3v) is 8.75. The first-order valence-corrected chi connectivity index (χ1v) is 11.6. The van der Waals surface area contributed by atoms with Gasteiger partial charge in [0.2, 0.25) is 0 Å². The molecule has 0 fully saturated rings. The summed E-state index contributed by atoms with van der Waals surface area (Å²) in [4.78, 5) is 12.3. The molecule has 9 heteroatoms. The molecular weight excluding hydrogens is 414 g/mol. The zero-order valence-electron chi connectivity index (χ0n) is 14.6. The maximum absolute atomic E-state index is 12.8. The lowest BCUT2D eigenvalue weighted by molar-refractivity contribution is 0.0533. The van der Waals surface area contributed by atoms with E-state index in [1.807, 2.05) is 18.2 Å². The molecule has 5 nitrogen and oxygen atoms in total. The van der Waals surface area contributed by atoms with Crippen LogP contribution in [0.15, 0.2) is 33.4 Å². The van der Waals surface area contributed by atoms with E-state index < -0.39 is 21.1 Å². The van der Waals surface area contributed by atoms with Crippen molar-refractivity contribution < 1.29 is 17.9 Å². The first-order valence-electron chi connectivity index (χ1n) is 7.89. The lowest BCUT2D eigenvalue weighted by Crippen LogP contribution is -2.16. The molecule has 142 valence electrons. The summed E-state index contributed by atoms with van der Waals surface area (Å²) in [6, 6.07) is 7.32. The highest BCUT2D eigenvalue weighted by Gasteiger charge is 2.32. The number of sulfone groups is 1. The van der Waals surface area contributed by atoms with E-state index in [4.69, 9.17) is 22.1 Å². The molecule has 2 N–H and O–H groups in total. The number of rotatable bonds is 7. The molecule has 0 aliphatic heterocycles. The molecule has 1 aromatic heterocycles. The van der Waals surface area contributed by atoms with Gasteiger partial charge in [-0.05, 0) is 38.5 Å². The summed E-state index contributed by atoms with van der Waals surface area (Å²) < 4.78 is 31.0. The summed E-state index contributed by atoms with van der Waals surface area (Å²) in [7, 11) is -3.65. The molecule has 0 unspecified atom stereocenters. The predicted molar refractivity (Wildman–Crippen MR) is 108 cm³/mol. The van der Waals surface area contributed by atoms with Gasteiger partial charge in [0.05, 0.1) is 21.8 Å². The second kappa shape index (κ2) is 8.65. The Labute approximate surface area is 166 Å². The van der Waals surface area contributed by atoms with Crippen molar-refractivity contribution >= 4 is 56.2 Å². The van der Waals surface area contributed by atoms with E-state index in [9.17, 15) is 13.2 Å². The molecule has 0 radical (unpaired) electrons. The minimum atomic E-state index is -3.65. The van der Waals surface area contributed by atoms with E-state index >= 15 is 0 Å². The summed E-state index contributed by atoms with van der Waals surface area (Å²) in [5, 5.41) is -0.0454. The number of carbonyl (C=O) groups excluding carboxylic acids is 1. The van der Waals surface area contributed by atoms with Gasteiger partial charge in [0.25, 0.3) is 0 Å². The van der Waals surface area contributed by atoms with Crippen LogP contribution in [-0.2, 0) is 20.3 Å². The van der Waals surface area contributed by atoms with Gasteiger partial charge in [-0.25, -0.2) is 13.2 Å². The zero-order chi connectivity index (χ0) is 19.5. The Balaban J connectivity index is 2.46. The Morgan fingerprint density at radius 1 is 1.38 bits per heavy atom. The minimum Gasteiger partial charge on any atom is -0.462 e. The van der Waals surface area contributed by atoms with E-state index in [1.54, 1.807) is 26.8 Å². The molecule has 26 heavy (non-hydrogen) atoms. The number of thioether (sulfide) groups is 1. The third-order valence-electron chi connectivity index (χ3n) is 3.49. The Morgan fingerprint density at radius 2 is 2.08 bits per heavy atom. The molecule has 0 amide bonds. The Hall–Kier alpha value is -1.22. The van der Waals surface area contributed by atoms with Gasteiger partial charge in [0.15, 0.2) is 9.84 Å². The summed E-state index contributed by atoms with van der Waals surface area (Å²) in [5.74, 6) is -0.103. The normalized spacial score (nSPS) is 11.7. The molecule has 0 aliphatic rings. The van der Waals surface area contributed by atoms with Crippen molar-refractivity contribution in [1.82, 2.24) is 0 Å². The van der Waals surface area contributed by atoms with Crippen LogP contribution >= 0.6 is 34.7 Å². The van der Waals surface area contributed by atoms with Crippen molar-refractivity contribution in [2.45, 2.75) is 40.9 Å². The van der Waals surface area contributed by atoms with Gasteiger partial charge in [-0.15, -0.1) is 23.1 Å². The van der Waals surface area contributed by atoms with Gasteiger partial charge in [-0.3, -0.25) is 0 Å². The van der Waals surface area contributed by atoms with Crippen molar-refractivity contribution in [2.75, 3.05) is 12.3 Å². The third kappa shape index (κ3) is 4.54. The summed E-state index contributed by atoms with van der Waals surface area (Å²) in [6.07, 6.45) is 0. The van der Waals surface area contributed by atoms with E-state index in [-0.39, 0.29) is 22.1 Å². The van der Waals surface area contributed by atoms with Gasteiger partial charge in [0, 0.05) is 10.8 Å². The van der Waals surface area contributed by atoms with Crippen molar-refractivity contribution in [1.29, 1.82) is 0 Å². The van der Waals surface area contributed by atoms with Crippen molar-refractivity contribution in [3.8, 4) is 0 Å². The van der Waals surface area contributed by atoms with Crippen LogP contribution in [0.5, 0.6) is 0 Å². The first-order chi connectivity index (χ1) is 12.2. The number of nitrogen functional groups attached to an aromatic ring is 1. The number of benzene rings is 1. The molecular formula is C17H20ClNO4S3. The Morgan fingerprint density at radius 3 is 2.65 bits per heavy atom. The van der Waals surface area contributed by atoms with Crippen LogP contribution < -0.4 is 5.73 Å². The van der Waals surface area contributed by atoms with Gasteiger partial charge < -0.3 is 10.5 Å². The van der Waals surface area contributed by atoms with Crippen LogP contribution in [-0.4, -0.2) is 26.2 Å². The van der Waals surface area contributed by atoms with E-state index in [0.29, 0.717) is 15.0 Å². The van der Waals surface area contributed by atoms with E-state index in [2.05, 4.69) is 0 Å². The number of carbonyl (C=O) groups is 1. The van der Waals surface area contributed by atoms with Crippen LogP contribution in [0.1, 0.15) is 36.0 Å². The number of thiophene rings is 1. The molecule has 0 atom stereocenters. The minimum absolute atomic E-state index is 0.0209. The van der Waals surface area contributed by atoms with Gasteiger partial charge in [-0.1, -0.05) is 23.7 Å². The molecule has 1 heterocycles. The summed E-state index contributed by atoms with van der Waals surface area (Å²) in [5.41, 5.74) is 6.96. The predicted octanol–water partition coefficient (Wildman–Crippen LogP) is 4.63. The maximum Gasteiger partial charge on any atom is 0.350 e. The second-order valence-electron chi connectivity index (χ2n) is 5.69. The first kappa shape index (κ1) is 21.1. The average molecular weight is 434 g/mol. The number of halogens is 1. The number of hydrogen-bond acceptors (Lipinski definition) is 7. The number of anilines is 1. The zero-order valence-corrected chi connectivity index (χ0v) is 17.8. The van der Waals surface area contributed by atoms with Gasteiger partial charge in [0.1, 0.15) is 9.77 Å². The quantitative estimate of drug-likeness (QED) is 0.505. The number of hydrogen-bond donors (Lipinski definition) is 1. The van der Waals surface area contributed by atoms with E-state index in [1.165, 1.54) is 11.8 Å². The monoisotopic (exact) mass is 433 g/mol. The fourth-order valence-corrected chi connectivity index (χ4v) is 6.64. The topological polar surface area (TPSA) is 86.5 Å². The smallest absolute Gasteiger partial charge is 0.350 e. The highest BCUT2D eigenvalue weighted by Crippen LogP contribution is 2.44. The van der Waals surface area contributed by atoms with Crippen LogP contribution in [0.4, 0.5) is 5.69 Å². The van der Waals surface area contributed by atoms with Crippen LogP contribution in [0, 0.1) is 0 Å². The lowest BCUT2D eigenvalue weighted by Gasteiger charge is -2.10. The average Bonchev–Trinajstić information content (AvgIpc) is 2.90. The highest BCUT2D eigenvalue weighted by atomic mass is 35.5. The highest BCUT2D eigenvalue weighted by molar-refractivity contribution is 8.01. The molecule has 0 spiro atoms. The summed E-state index contributed by atoms with van der Waals surface area (Å²) in [6.45, 7) is 5.04. The number of esters is 1. The number of nitrogens with two attached hydrogens (primary N) is 1. The molecule has 0 aliphatic carbocycles. The molecule has 0 saturated carbocycles. The largest absolute Gasteiger partial charge is 0.462 e. The van der Waals surface area contributed by atoms with Crippen molar-refractivity contribution in [3.05, 3.63) is 39.7 Å². The Bertz CT molecular complexity index is 907.